The number of fused-ring (bicyclic) bond motifs is 1. The number of hydrogen-bond donors (Lipinski definition) is 4. The van der Waals surface area contributed by atoms with Crippen molar-refractivity contribution in [1.29, 1.82) is 0 Å². The van der Waals surface area contributed by atoms with E-state index in [4.69, 9.17) is 5.21 Å². The van der Waals surface area contributed by atoms with Crippen molar-refractivity contribution in [3.05, 3.63) is 76.7 Å². The van der Waals surface area contributed by atoms with Gasteiger partial charge >= 0.3 is 0 Å². The van der Waals surface area contributed by atoms with Crippen LogP contribution in [-0.2, 0) is 12.1 Å². The molecule has 0 radical (unpaired) electrons. The quantitative estimate of drug-likeness (QED) is 0.397. The van der Waals surface area contributed by atoms with E-state index < -0.39 is 5.60 Å². The number of halogens is 1. The number of piperidine rings is 1. The standard InChI is InChI=1S/C26H32FN3O2/c1-26(2,31)25-24(21-9-3-4-10-23(21)29-25)20-8-6-14-30(17-20)16-19-12-11-18(15-22(19)27)7-5-13-28-32/h3-5,7,9-12,15,20,28-29,31-32H,6,8,13-14,16-17H2,1-2H3/b7-5+. The van der Waals surface area contributed by atoms with Gasteiger partial charge in [0.05, 0.1) is 11.3 Å². The average molecular weight is 438 g/mol. The van der Waals surface area contributed by atoms with Gasteiger partial charge in [-0.1, -0.05) is 42.5 Å². The number of rotatable bonds is 7. The maximum Gasteiger partial charge on any atom is 0.128 e. The lowest BCUT2D eigenvalue weighted by molar-refractivity contribution is 0.0724. The van der Waals surface area contributed by atoms with Gasteiger partial charge in [0.15, 0.2) is 0 Å². The summed E-state index contributed by atoms with van der Waals surface area (Å²) in [6.45, 7) is 6.28. The molecular formula is C26H32FN3O2. The van der Waals surface area contributed by atoms with E-state index in [9.17, 15) is 9.50 Å². The monoisotopic (exact) mass is 437 g/mol. The molecule has 1 fully saturated rings. The maximum absolute atomic E-state index is 14.7. The molecule has 0 amide bonds. The Bertz CT molecular complexity index is 1100. The highest BCUT2D eigenvalue weighted by atomic mass is 19.1. The van der Waals surface area contributed by atoms with Crippen LogP contribution in [0.15, 0.2) is 48.5 Å². The van der Waals surface area contributed by atoms with Crippen LogP contribution in [0.3, 0.4) is 0 Å². The number of nitrogens with zero attached hydrogens (tertiary/aromatic N) is 1. The van der Waals surface area contributed by atoms with E-state index in [1.807, 2.05) is 38.1 Å². The number of aliphatic hydroxyl groups is 1. The van der Waals surface area contributed by atoms with E-state index in [0.29, 0.717) is 18.7 Å². The summed E-state index contributed by atoms with van der Waals surface area (Å²) in [7, 11) is 0. The summed E-state index contributed by atoms with van der Waals surface area (Å²) in [6.07, 6.45) is 5.60. The number of likely N-dealkylation sites (tertiary alicyclic amines) is 1. The van der Waals surface area contributed by atoms with Gasteiger partial charge in [0.25, 0.3) is 0 Å². The van der Waals surface area contributed by atoms with Crippen LogP contribution < -0.4 is 5.48 Å². The topological polar surface area (TPSA) is 71.5 Å². The normalized spacial score (nSPS) is 18.1. The third-order valence-electron chi connectivity index (χ3n) is 6.26. The molecule has 3 aromatic rings. The Morgan fingerprint density at radius 2 is 2.06 bits per heavy atom. The minimum Gasteiger partial charge on any atom is -0.384 e. The third-order valence-corrected chi connectivity index (χ3v) is 6.26. The Morgan fingerprint density at radius 3 is 2.81 bits per heavy atom. The Labute approximate surface area is 188 Å². The molecule has 1 unspecified atom stereocenters. The van der Waals surface area contributed by atoms with Crippen molar-refractivity contribution in [3.63, 3.8) is 0 Å². The van der Waals surface area contributed by atoms with Crippen LogP contribution in [0.4, 0.5) is 4.39 Å². The number of benzene rings is 2. The van der Waals surface area contributed by atoms with Crippen molar-refractivity contribution in [2.45, 2.75) is 44.8 Å². The first-order valence-electron chi connectivity index (χ1n) is 11.2. The molecule has 0 aliphatic carbocycles. The number of para-hydroxylation sites is 1. The van der Waals surface area contributed by atoms with Crippen LogP contribution in [-0.4, -0.2) is 39.8 Å². The van der Waals surface area contributed by atoms with Crippen LogP contribution in [0, 0.1) is 5.82 Å². The summed E-state index contributed by atoms with van der Waals surface area (Å²) < 4.78 is 14.7. The van der Waals surface area contributed by atoms with Crippen LogP contribution >= 0.6 is 0 Å². The van der Waals surface area contributed by atoms with Gasteiger partial charge in [-0.2, -0.15) is 0 Å². The van der Waals surface area contributed by atoms with Crippen LogP contribution in [0.2, 0.25) is 0 Å². The Hall–Kier alpha value is -2.51. The SMILES string of the molecule is CC(C)(O)c1[nH]c2ccccc2c1C1CCCN(Cc2ccc(/C=C/CNO)cc2F)C1. The van der Waals surface area contributed by atoms with Crippen molar-refractivity contribution in [3.8, 4) is 0 Å². The summed E-state index contributed by atoms with van der Waals surface area (Å²) in [5, 5.41) is 20.6. The number of H-pyrrole nitrogens is 1. The summed E-state index contributed by atoms with van der Waals surface area (Å²) in [6, 6.07) is 13.5. The first kappa shape index (κ1) is 22.7. The molecular weight excluding hydrogens is 405 g/mol. The van der Waals surface area contributed by atoms with E-state index in [-0.39, 0.29) is 11.7 Å². The highest BCUT2D eigenvalue weighted by molar-refractivity contribution is 5.85. The second-order valence-corrected chi connectivity index (χ2v) is 9.21. The van der Waals surface area contributed by atoms with Gasteiger partial charge in [-0.25, -0.2) is 9.87 Å². The molecule has 4 N–H and O–H groups in total. The molecule has 0 spiro atoms. The molecule has 6 heteroatoms. The number of aromatic amines is 1. The fourth-order valence-corrected chi connectivity index (χ4v) is 4.79. The van der Waals surface area contributed by atoms with Gasteiger partial charge in [0.2, 0.25) is 0 Å². The van der Waals surface area contributed by atoms with Crippen LogP contribution in [0.25, 0.3) is 17.0 Å². The molecule has 2 heterocycles. The smallest absolute Gasteiger partial charge is 0.128 e. The summed E-state index contributed by atoms with van der Waals surface area (Å²) in [5.41, 5.74) is 5.66. The van der Waals surface area contributed by atoms with E-state index in [2.05, 4.69) is 27.5 Å². The van der Waals surface area contributed by atoms with Crippen molar-refractivity contribution in [2.75, 3.05) is 19.6 Å². The third kappa shape index (κ3) is 4.94. The zero-order valence-corrected chi connectivity index (χ0v) is 18.7. The minimum absolute atomic E-state index is 0.212. The lowest BCUT2D eigenvalue weighted by Gasteiger charge is -2.34. The van der Waals surface area contributed by atoms with Gasteiger partial charge in [0.1, 0.15) is 5.82 Å². The second-order valence-electron chi connectivity index (χ2n) is 9.21. The molecule has 0 bridgehead atoms. The summed E-state index contributed by atoms with van der Waals surface area (Å²) in [5.74, 6) is 0.0630. The molecule has 32 heavy (non-hydrogen) atoms. The molecule has 170 valence electrons. The predicted octanol–water partition coefficient (Wildman–Crippen LogP) is 4.91. The number of nitrogens with one attached hydrogen (secondary N) is 2. The molecule has 1 aliphatic rings. The van der Waals surface area contributed by atoms with Crippen molar-refractivity contribution >= 4 is 17.0 Å². The average Bonchev–Trinajstić information content (AvgIpc) is 3.16. The number of hydroxylamine groups is 1. The number of hydrogen-bond acceptors (Lipinski definition) is 4. The molecule has 1 saturated heterocycles. The molecule has 1 aliphatic heterocycles. The second kappa shape index (κ2) is 9.55. The molecule has 1 aromatic heterocycles. The Morgan fingerprint density at radius 1 is 1.25 bits per heavy atom. The van der Waals surface area contributed by atoms with Gasteiger partial charge < -0.3 is 15.3 Å². The molecule has 4 rings (SSSR count). The Balaban J connectivity index is 1.55. The lowest BCUT2D eigenvalue weighted by Crippen LogP contribution is -2.35. The molecule has 1 atom stereocenters. The zero-order chi connectivity index (χ0) is 22.7. The molecule has 5 nitrogen and oxygen atoms in total. The van der Waals surface area contributed by atoms with E-state index in [1.54, 1.807) is 12.2 Å². The molecule has 0 saturated carbocycles. The molecule has 2 aromatic carbocycles. The summed E-state index contributed by atoms with van der Waals surface area (Å²) in [4.78, 5) is 5.76. The van der Waals surface area contributed by atoms with Crippen LogP contribution in [0.5, 0.6) is 0 Å². The minimum atomic E-state index is -0.961. The highest BCUT2D eigenvalue weighted by Crippen LogP contribution is 2.39. The first-order chi connectivity index (χ1) is 15.4. The van der Waals surface area contributed by atoms with Gasteiger partial charge in [-0.3, -0.25) is 4.90 Å². The summed E-state index contributed by atoms with van der Waals surface area (Å²) >= 11 is 0. The van der Waals surface area contributed by atoms with Gasteiger partial charge in [-0.05, 0) is 62.4 Å². The predicted molar refractivity (Wildman–Crippen MR) is 126 cm³/mol. The lowest BCUT2D eigenvalue weighted by atomic mass is 9.85. The fraction of sp³-hybridized carbons (Fsp3) is 0.385. The van der Waals surface area contributed by atoms with Gasteiger partial charge in [-0.15, -0.1) is 0 Å². The van der Waals surface area contributed by atoms with Crippen molar-refractivity contribution in [1.82, 2.24) is 15.4 Å². The van der Waals surface area contributed by atoms with E-state index in [1.165, 1.54) is 11.6 Å². The fourth-order valence-electron chi connectivity index (χ4n) is 4.79. The van der Waals surface area contributed by atoms with Gasteiger partial charge in [0, 0.05) is 36.1 Å². The number of aromatic nitrogens is 1. The van der Waals surface area contributed by atoms with Crippen molar-refractivity contribution < 1.29 is 14.7 Å². The van der Waals surface area contributed by atoms with E-state index >= 15 is 0 Å². The maximum atomic E-state index is 14.7. The van der Waals surface area contributed by atoms with Crippen LogP contribution in [0.1, 0.15) is 55.0 Å². The van der Waals surface area contributed by atoms with E-state index in [0.717, 1.165) is 48.1 Å². The largest absolute Gasteiger partial charge is 0.384 e. The Kier molecular flexibility index (Phi) is 6.76. The zero-order valence-electron chi connectivity index (χ0n) is 18.7. The first-order valence-corrected chi connectivity index (χ1v) is 11.2. The van der Waals surface area contributed by atoms with Crippen molar-refractivity contribution in [2.24, 2.45) is 0 Å². The highest BCUT2D eigenvalue weighted by Gasteiger charge is 2.31.